The summed E-state index contributed by atoms with van der Waals surface area (Å²) in [5.74, 6) is -0.603. The zero-order valence-electron chi connectivity index (χ0n) is 24.4. The number of phenols is 1. The maximum absolute atomic E-state index is 14.8. The Morgan fingerprint density at radius 2 is 1.76 bits per heavy atom. The number of ether oxygens (including phenoxy) is 2. The fraction of sp³-hybridized carbons (Fsp3) is 0.182. The maximum Gasteiger partial charge on any atom is 0.247 e. The molecule has 12 heteroatoms. The van der Waals surface area contributed by atoms with Crippen LogP contribution in [0.5, 0.6) is 5.75 Å². The summed E-state index contributed by atoms with van der Waals surface area (Å²) in [7, 11) is 0. The number of carbonyl (C=O) groups is 1. The third-order valence-corrected chi connectivity index (χ3v) is 7.26. The SMILES string of the molecule is C=CC(=O)Nc1cc(F)cc(-c2nc(Nc3ccc(O)c(N4CCOCC4)c3)ncc2Nc2ccc(N3C=COCC3)cc2)c1. The second-order valence-electron chi connectivity index (χ2n) is 10.3. The zero-order chi connectivity index (χ0) is 31.2. The third kappa shape index (κ3) is 7.13. The molecule has 0 aliphatic carbocycles. The molecule has 11 nitrogen and oxygen atoms in total. The third-order valence-electron chi connectivity index (χ3n) is 7.26. The van der Waals surface area contributed by atoms with Crippen molar-refractivity contribution < 1.29 is 23.8 Å². The molecule has 6 rings (SSSR count). The molecule has 4 aromatic rings. The van der Waals surface area contributed by atoms with Crippen molar-refractivity contribution in [2.75, 3.05) is 65.2 Å². The number of hydrogen-bond donors (Lipinski definition) is 4. The number of amides is 1. The van der Waals surface area contributed by atoms with E-state index in [2.05, 4.69) is 37.3 Å². The molecule has 2 aliphatic heterocycles. The second kappa shape index (κ2) is 13.3. The number of aromatic nitrogens is 2. The van der Waals surface area contributed by atoms with Crippen LogP contribution in [-0.4, -0.2) is 60.4 Å². The van der Waals surface area contributed by atoms with Gasteiger partial charge in [0.15, 0.2) is 0 Å². The van der Waals surface area contributed by atoms with E-state index < -0.39 is 11.7 Å². The Kier molecular flexibility index (Phi) is 8.74. The van der Waals surface area contributed by atoms with E-state index in [0.29, 0.717) is 61.2 Å². The van der Waals surface area contributed by atoms with Gasteiger partial charge < -0.3 is 40.3 Å². The van der Waals surface area contributed by atoms with Gasteiger partial charge in [-0.3, -0.25) is 4.79 Å². The van der Waals surface area contributed by atoms with Crippen molar-refractivity contribution in [3.05, 3.63) is 97.8 Å². The highest BCUT2D eigenvalue weighted by atomic mass is 19.1. The molecule has 230 valence electrons. The van der Waals surface area contributed by atoms with Gasteiger partial charge >= 0.3 is 0 Å². The van der Waals surface area contributed by atoms with Gasteiger partial charge in [-0.25, -0.2) is 14.4 Å². The Morgan fingerprint density at radius 1 is 0.956 bits per heavy atom. The van der Waals surface area contributed by atoms with Gasteiger partial charge in [-0.2, -0.15) is 0 Å². The average molecular weight is 610 g/mol. The Morgan fingerprint density at radius 3 is 2.51 bits per heavy atom. The van der Waals surface area contributed by atoms with Crippen molar-refractivity contribution in [3.63, 3.8) is 0 Å². The van der Waals surface area contributed by atoms with E-state index in [1.165, 1.54) is 12.1 Å². The number of nitrogens with zero attached hydrogens (tertiary/aromatic N) is 4. The minimum Gasteiger partial charge on any atom is -0.506 e. The van der Waals surface area contributed by atoms with Gasteiger partial charge in [0.05, 0.1) is 49.3 Å². The van der Waals surface area contributed by atoms with Crippen molar-refractivity contribution >= 4 is 46.0 Å². The van der Waals surface area contributed by atoms with Crippen LogP contribution in [0, 0.1) is 5.82 Å². The van der Waals surface area contributed by atoms with E-state index in [9.17, 15) is 14.3 Å². The van der Waals surface area contributed by atoms with Crippen molar-refractivity contribution in [2.45, 2.75) is 0 Å². The number of aromatic hydroxyl groups is 1. The molecular formula is C33H32FN7O4. The highest BCUT2D eigenvalue weighted by Gasteiger charge is 2.17. The minimum atomic E-state index is -0.553. The van der Waals surface area contributed by atoms with Crippen LogP contribution < -0.4 is 25.8 Å². The minimum absolute atomic E-state index is 0.160. The summed E-state index contributed by atoms with van der Waals surface area (Å²) < 4.78 is 25.6. The highest BCUT2D eigenvalue weighted by molar-refractivity contribution is 5.99. The molecule has 0 atom stereocenters. The van der Waals surface area contributed by atoms with Crippen LogP contribution in [0.1, 0.15) is 0 Å². The van der Waals surface area contributed by atoms with Crippen LogP contribution in [0.25, 0.3) is 11.3 Å². The standard InChI is InChI=1S/C33H32FN7O4/c1-2-31(43)37-26-18-22(17-23(34)19-26)32-28(36-24-3-6-27(7-4-24)40-9-13-44-14-10-40)21-35-33(39-32)38-25-5-8-30(42)29(20-25)41-11-15-45-16-12-41/h2-9,13,17-21,36,42H,1,10-12,14-16H2,(H,37,43)(H,35,38,39). The fourth-order valence-corrected chi connectivity index (χ4v) is 5.05. The quantitative estimate of drug-likeness (QED) is 0.138. The first kappa shape index (κ1) is 29.5. The molecule has 3 aromatic carbocycles. The average Bonchev–Trinajstić information content (AvgIpc) is 3.07. The number of benzene rings is 3. The molecule has 3 heterocycles. The molecule has 0 bridgehead atoms. The largest absolute Gasteiger partial charge is 0.506 e. The van der Waals surface area contributed by atoms with E-state index >= 15 is 0 Å². The van der Waals surface area contributed by atoms with Crippen molar-refractivity contribution in [2.24, 2.45) is 0 Å². The summed E-state index contributed by atoms with van der Waals surface area (Å²) >= 11 is 0. The Labute approximate surface area is 259 Å². The molecule has 1 saturated heterocycles. The van der Waals surface area contributed by atoms with Gasteiger partial charge in [0.2, 0.25) is 11.9 Å². The van der Waals surface area contributed by atoms with Crippen LogP contribution in [0.2, 0.25) is 0 Å². The molecule has 0 radical (unpaired) electrons. The first-order valence-electron chi connectivity index (χ1n) is 14.4. The molecule has 2 aliphatic rings. The lowest BCUT2D eigenvalue weighted by Crippen LogP contribution is -2.36. The molecule has 4 N–H and O–H groups in total. The monoisotopic (exact) mass is 609 g/mol. The topological polar surface area (TPSA) is 124 Å². The number of hydrogen-bond acceptors (Lipinski definition) is 10. The predicted octanol–water partition coefficient (Wildman–Crippen LogP) is 5.74. The summed E-state index contributed by atoms with van der Waals surface area (Å²) in [6, 6.07) is 17.2. The van der Waals surface area contributed by atoms with Crippen molar-refractivity contribution in [1.29, 1.82) is 0 Å². The number of morpholine rings is 1. The van der Waals surface area contributed by atoms with Gasteiger partial charge in [0.1, 0.15) is 18.2 Å². The summed E-state index contributed by atoms with van der Waals surface area (Å²) in [5.41, 5.74) is 4.69. The van der Waals surface area contributed by atoms with Gasteiger partial charge in [-0.05, 0) is 66.7 Å². The number of halogens is 1. The first-order valence-corrected chi connectivity index (χ1v) is 14.4. The molecule has 0 saturated carbocycles. The highest BCUT2D eigenvalue weighted by Crippen LogP contribution is 2.35. The second-order valence-corrected chi connectivity index (χ2v) is 10.3. The first-order chi connectivity index (χ1) is 21.9. The maximum atomic E-state index is 14.8. The van der Waals surface area contributed by atoms with Crippen LogP contribution >= 0.6 is 0 Å². The fourth-order valence-electron chi connectivity index (χ4n) is 5.05. The number of nitrogens with one attached hydrogen (secondary N) is 3. The Balaban J connectivity index is 1.33. The van der Waals surface area contributed by atoms with Crippen LogP contribution in [0.3, 0.4) is 0 Å². The lowest BCUT2D eigenvalue weighted by molar-refractivity contribution is -0.111. The summed E-state index contributed by atoms with van der Waals surface area (Å²) in [5, 5.41) is 19.7. The smallest absolute Gasteiger partial charge is 0.247 e. The van der Waals surface area contributed by atoms with E-state index in [-0.39, 0.29) is 17.4 Å². The van der Waals surface area contributed by atoms with Gasteiger partial charge in [0.25, 0.3) is 0 Å². The Bertz CT molecular complexity index is 1730. The van der Waals surface area contributed by atoms with Crippen LogP contribution in [0.15, 0.2) is 92.0 Å². The molecule has 1 aromatic heterocycles. The van der Waals surface area contributed by atoms with Gasteiger partial charge in [0, 0.05) is 47.6 Å². The number of rotatable bonds is 9. The van der Waals surface area contributed by atoms with Gasteiger partial charge in [-0.15, -0.1) is 0 Å². The number of phenolic OH excluding ortho intramolecular Hbond substituents is 1. The van der Waals surface area contributed by atoms with E-state index in [1.807, 2.05) is 36.5 Å². The van der Waals surface area contributed by atoms with E-state index in [1.54, 1.807) is 30.7 Å². The van der Waals surface area contributed by atoms with Crippen LogP contribution in [-0.2, 0) is 14.3 Å². The molecule has 1 amide bonds. The lowest BCUT2D eigenvalue weighted by atomic mass is 10.1. The molecule has 0 unspecified atom stereocenters. The lowest BCUT2D eigenvalue weighted by Gasteiger charge is -2.29. The molecule has 0 spiro atoms. The number of carbonyl (C=O) groups excluding carboxylic acids is 1. The zero-order valence-corrected chi connectivity index (χ0v) is 24.4. The predicted molar refractivity (Wildman–Crippen MR) is 173 cm³/mol. The summed E-state index contributed by atoms with van der Waals surface area (Å²) in [6.45, 7) is 7.30. The summed E-state index contributed by atoms with van der Waals surface area (Å²) in [4.78, 5) is 25.4. The normalized spacial score (nSPS) is 14.4. The number of anilines is 7. The molecule has 1 fully saturated rings. The molecular weight excluding hydrogens is 577 g/mol. The Hall–Kier alpha value is -5.62. The van der Waals surface area contributed by atoms with Crippen molar-refractivity contribution in [1.82, 2.24) is 9.97 Å². The molecule has 45 heavy (non-hydrogen) atoms. The van der Waals surface area contributed by atoms with E-state index in [0.717, 1.165) is 24.0 Å². The van der Waals surface area contributed by atoms with Crippen molar-refractivity contribution in [3.8, 4) is 17.0 Å². The van der Waals surface area contributed by atoms with Crippen LogP contribution in [0.4, 0.5) is 44.5 Å². The van der Waals surface area contributed by atoms with Gasteiger partial charge in [-0.1, -0.05) is 6.58 Å². The summed E-state index contributed by atoms with van der Waals surface area (Å²) in [6.07, 6.45) is 6.28. The van der Waals surface area contributed by atoms with E-state index in [4.69, 9.17) is 14.5 Å².